The molecular formula is C10H12BrF2NO2S. The highest BCUT2D eigenvalue weighted by Crippen LogP contribution is 2.26. The quantitative estimate of drug-likeness (QED) is 0.865. The third-order valence-corrected chi connectivity index (χ3v) is 4.83. The molecule has 7 heteroatoms. The van der Waals surface area contributed by atoms with Gasteiger partial charge in [0, 0.05) is 17.9 Å². The average molecular weight is 328 g/mol. The third kappa shape index (κ3) is 3.23. The highest BCUT2D eigenvalue weighted by atomic mass is 79.9. The second-order valence-corrected chi connectivity index (χ2v) is 7.11. The lowest BCUT2D eigenvalue weighted by Gasteiger charge is -2.19. The fourth-order valence-electron chi connectivity index (χ4n) is 1.31. The standard InChI is InChI=1S/C10H12BrF2NO2S/c1-5(17(2,15)16)10(14)6-3-9(13)7(11)4-8(6)12/h3-5,10H,14H2,1-2H3. The summed E-state index contributed by atoms with van der Waals surface area (Å²) in [6, 6.07) is 0.735. The van der Waals surface area contributed by atoms with Crippen molar-refractivity contribution in [2.45, 2.75) is 18.2 Å². The van der Waals surface area contributed by atoms with Crippen LogP contribution in [0.15, 0.2) is 16.6 Å². The van der Waals surface area contributed by atoms with Crippen LogP contribution in [-0.4, -0.2) is 19.9 Å². The smallest absolute Gasteiger partial charge is 0.151 e. The van der Waals surface area contributed by atoms with E-state index >= 15 is 0 Å². The number of rotatable bonds is 3. The van der Waals surface area contributed by atoms with E-state index in [0.717, 1.165) is 18.4 Å². The van der Waals surface area contributed by atoms with E-state index < -0.39 is 32.8 Å². The van der Waals surface area contributed by atoms with Gasteiger partial charge in [-0.2, -0.15) is 0 Å². The normalized spacial score (nSPS) is 15.6. The largest absolute Gasteiger partial charge is 0.323 e. The van der Waals surface area contributed by atoms with Gasteiger partial charge in [0.05, 0.1) is 9.72 Å². The van der Waals surface area contributed by atoms with Crippen molar-refractivity contribution < 1.29 is 17.2 Å². The first kappa shape index (κ1) is 14.5. The van der Waals surface area contributed by atoms with Crippen molar-refractivity contribution in [3.63, 3.8) is 0 Å². The summed E-state index contributed by atoms with van der Waals surface area (Å²) >= 11 is 2.83. The Labute approximate surface area is 107 Å². The van der Waals surface area contributed by atoms with Crippen LogP contribution in [0.3, 0.4) is 0 Å². The molecule has 0 saturated heterocycles. The number of nitrogens with two attached hydrogens (primary N) is 1. The summed E-state index contributed by atoms with van der Waals surface area (Å²) in [7, 11) is -3.42. The number of sulfone groups is 1. The molecule has 2 atom stereocenters. The third-order valence-electron chi connectivity index (χ3n) is 2.58. The van der Waals surface area contributed by atoms with Gasteiger partial charge in [0.25, 0.3) is 0 Å². The predicted molar refractivity (Wildman–Crippen MR) is 65.3 cm³/mol. The maximum Gasteiger partial charge on any atom is 0.151 e. The van der Waals surface area contributed by atoms with Crippen LogP contribution in [0.25, 0.3) is 0 Å². The molecule has 0 aliphatic carbocycles. The van der Waals surface area contributed by atoms with Gasteiger partial charge in [-0.1, -0.05) is 0 Å². The zero-order chi connectivity index (χ0) is 13.4. The van der Waals surface area contributed by atoms with Crippen LogP contribution >= 0.6 is 15.9 Å². The molecule has 2 unspecified atom stereocenters. The molecule has 2 N–H and O–H groups in total. The molecule has 0 aliphatic rings. The average Bonchev–Trinajstić information content (AvgIpc) is 2.20. The molecule has 0 amide bonds. The summed E-state index contributed by atoms with van der Waals surface area (Å²) in [6.07, 6.45) is 1.00. The van der Waals surface area contributed by atoms with Gasteiger partial charge in [-0.15, -0.1) is 0 Å². The molecule has 17 heavy (non-hydrogen) atoms. The van der Waals surface area contributed by atoms with Crippen molar-refractivity contribution in [1.82, 2.24) is 0 Å². The zero-order valence-electron chi connectivity index (χ0n) is 9.25. The van der Waals surface area contributed by atoms with Crippen molar-refractivity contribution in [3.8, 4) is 0 Å². The van der Waals surface area contributed by atoms with Gasteiger partial charge in [-0.05, 0) is 35.0 Å². The molecule has 0 spiro atoms. The topological polar surface area (TPSA) is 60.2 Å². The lowest BCUT2D eigenvalue weighted by atomic mass is 10.0. The van der Waals surface area contributed by atoms with Crippen LogP contribution in [0.5, 0.6) is 0 Å². The second kappa shape index (κ2) is 4.99. The lowest BCUT2D eigenvalue weighted by Crippen LogP contribution is -2.31. The molecule has 1 aromatic carbocycles. The SMILES string of the molecule is CC(C(N)c1cc(F)c(Br)cc1F)S(C)(=O)=O. The number of hydrogen-bond acceptors (Lipinski definition) is 3. The van der Waals surface area contributed by atoms with Gasteiger partial charge < -0.3 is 5.73 Å². The first-order valence-electron chi connectivity index (χ1n) is 4.73. The molecule has 0 bridgehead atoms. The van der Waals surface area contributed by atoms with Crippen molar-refractivity contribution >= 4 is 25.8 Å². The minimum absolute atomic E-state index is 0.0297. The first-order valence-corrected chi connectivity index (χ1v) is 7.48. The molecule has 0 aromatic heterocycles. The Hall–Kier alpha value is -0.530. The molecule has 96 valence electrons. The maximum atomic E-state index is 13.6. The van der Waals surface area contributed by atoms with Gasteiger partial charge in [-0.3, -0.25) is 0 Å². The monoisotopic (exact) mass is 327 g/mol. The summed E-state index contributed by atoms with van der Waals surface area (Å²) in [5, 5.41) is -0.988. The van der Waals surface area contributed by atoms with E-state index in [0.29, 0.717) is 0 Å². The van der Waals surface area contributed by atoms with Crippen LogP contribution in [0.2, 0.25) is 0 Å². The summed E-state index contributed by atoms with van der Waals surface area (Å²) in [5.41, 5.74) is 5.49. The Bertz CT molecular complexity index is 533. The lowest BCUT2D eigenvalue weighted by molar-refractivity contribution is 0.538. The van der Waals surface area contributed by atoms with E-state index in [1.54, 1.807) is 0 Å². The zero-order valence-corrected chi connectivity index (χ0v) is 11.6. The molecule has 0 aliphatic heterocycles. The van der Waals surface area contributed by atoms with Crippen molar-refractivity contribution in [3.05, 3.63) is 33.8 Å². The molecule has 1 rings (SSSR count). The summed E-state index contributed by atoms with van der Waals surface area (Å²) in [4.78, 5) is 0. The Kier molecular flexibility index (Phi) is 4.27. The summed E-state index contributed by atoms with van der Waals surface area (Å²) in [6.45, 7) is 1.36. The Morgan fingerprint density at radius 3 is 2.29 bits per heavy atom. The van der Waals surface area contributed by atoms with E-state index in [2.05, 4.69) is 15.9 Å². The van der Waals surface area contributed by atoms with E-state index in [-0.39, 0.29) is 10.0 Å². The fraction of sp³-hybridized carbons (Fsp3) is 0.400. The van der Waals surface area contributed by atoms with E-state index in [4.69, 9.17) is 5.73 Å². The highest BCUT2D eigenvalue weighted by Gasteiger charge is 2.27. The Morgan fingerprint density at radius 2 is 1.82 bits per heavy atom. The van der Waals surface area contributed by atoms with E-state index in [1.807, 2.05) is 0 Å². The van der Waals surface area contributed by atoms with Crippen molar-refractivity contribution in [2.75, 3.05) is 6.26 Å². The van der Waals surface area contributed by atoms with Crippen LogP contribution in [0.1, 0.15) is 18.5 Å². The highest BCUT2D eigenvalue weighted by molar-refractivity contribution is 9.10. The molecule has 0 radical (unpaired) electrons. The van der Waals surface area contributed by atoms with Crippen LogP contribution in [0.4, 0.5) is 8.78 Å². The van der Waals surface area contributed by atoms with Crippen molar-refractivity contribution in [2.24, 2.45) is 5.73 Å². The summed E-state index contributed by atoms with van der Waals surface area (Å²) in [5.74, 6) is -1.42. The van der Waals surface area contributed by atoms with E-state index in [1.165, 1.54) is 6.92 Å². The Morgan fingerprint density at radius 1 is 1.29 bits per heavy atom. The maximum absolute atomic E-state index is 13.6. The van der Waals surface area contributed by atoms with Gasteiger partial charge in [0.15, 0.2) is 9.84 Å². The molecule has 0 heterocycles. The molecule has 0 fully saturated rings. The number of benzene rings is 1. The van der Waals surface area contributed by atoms with Crippen molar-refractivity contribution in [1.29, 1.82) is 0 Å². The molecule has 3 nitrogen and oxygen atoms in total. The van der Waals surface area contributed by atoms with Crippen LogP contribution in [0, 0.1) is 11.6 Å². The van der Waals surface area contributed by atoms with E-state index in [9.17, 15) is 17.2 Å². The number of halogens is 3. The van der Waals surface area contributed by atoms with Crippen LogP contribution in [-0.2, 0) is 9.84 Å². The van der Waals surface area contributed by atoms with Gasteiger partial charge in [0.2, 0.25) is 0 Å². The second-order valence-electron chi connectivity index (χ2n) is 3.85. The Balaban J connectivity index is 3.22. The minimum Gasteiger partial charge on any atom is -0.323 e. The van der Waals surface area contributed by atoms with Gasteiger partial charge in [0.1, 0.15) is 11.6 Å². The molecule has 1 aromatic rings. The summed E-state index contributed by atoms with van der Waals surface area (Å²) < 4.78 is 49.4. The first-order chi connectivity index (χ1) is 7.64. The predicted octanol–water partition coefficient (Wildman–Crippen LogP) is 2.16. The molecular weight excluding hydrogens is 316 g/mol. The van der Waals surface area contributed by atoms with Gasteiger partial charge >= 0.3 is 0 Å². The minimum atomic E-state index is -3.42. The molecule has 0 saturated carbocycles. The van der Waals surface area contributed by atoms with Crippen LogP contribution < -0.4 is 5.73 Å². The van der Waals surface area contributed by atoms with Gasteiger partial charge in [-0.25, -0.2) is 17.2 Å². The fourth-order valence-corrected chi connectivity index (χ4v) is 2.31. The number of hydrogen-bond donors (Lipinski definition) is 1.